The van der Waals surface area contributed by atoms with Gasteiger partial charge in [-0.15, -0.1) is 10.2 Å². The van der Waals surface area contributed by atoms with Gasteiger partial charge in [-0.1, -0.05) is 18.2 Å². The number of aryl methyl sites for hydroxylation is 1. The van der Waals surface area contributed by atoms with Gasteiger partial charge in [-0.25, -0.2) is 0 Å². The van der Waals surface area contributed by atoms with Crippen LogP contribution in [0.2, 0.25) is 0 Å². The minimum atomic E-state index is -1.49. The number of anilines is 1. The third-order valence-corrected chi connectivity index (χ3v) is 3.98. The van der Waals surface area contributed by atoms with Gasteiger partial charge in [-0.05, 0) is 12.5 Å². The Labute approximate surface area is 149 Å². The van der Waals surface area contributed by atoms with Crippen molar-refractivity contribution in [3.63, 3.8) is 0 Å². The van der Waals surface area contributed by atoms with Crippen LogP contribution >= 0.6 is 0 Å². The zero-order chi connectivity index (χ0) is 18.5. The first-order valence-corrected chi connectivity index (χ1v) is 8.39. The summed E-state index contributed by atoms with van der Waals surface area (Å²) in [6, 6.07) is 7.93. The summed E-state index contributed by atoms with van der Waals surface area (Å²) in [5.41, 5.74) is 2.55. The zero-order valence-corrected chi connectivity index (χ0v) is 14.4. The standard InChI is InChI=1S/C17H21N5O4/c1-22-12-6-3-2-5-11(12)15-16(22)19-17(21-20-15)18-9-4-10-26-14(25)8-7-13(23)24/h2-3,5-6,13,23-24H,4,7-10H2,1H3,(H,18,19,21). The largest absolute Gasteiger partial charge is 0.466 e. The van der Waals surface area contributed by atoms with Gasteiger partial charge < -0.3 is 24.8 Å². The second kappa shape index (κ2) is 8.07. The van der Waals surface area contributed by atoms with E-state index >= 15 is 0 Å². The molecule has 9 heteroatoms. The maximum atomic E-state index is 11.3. The molecule has 3 aromatic rings. The molecule has 0 bridgehead atoms. The minimum absolute atomic E-state index is 0.0180. The molecule has 0 radical (unpaired) electrons. The number of benzene rings is 1. The van der Waals surface area contributed by atoms with Crippen LogP contribution in [0.25, 0.3) is 22.1 Å². The van der Waals surface area contributed by atoms with Crippen LogP contribution in [0.4, 0.5) is 5.95 Å². The lowest BCUT2D eigenvalue weighted by molar-refractivity contribution is -0.146. The molecule has 3 rings (SSSR count). The fourth-order valence-corrected chi connectivity index (χ4v) is 2.66. The first-order valence-electron chi connectivity index (χ1n) is 8.39. The van der Waals surface area contributed by atoms with Crippen molar-refractivity contribution in [1.29, 1.82) is 0 Å². The lowest BCUT2D eigenvalue weighted by Crippen LogP contribution is -2.14. The number of nitrogens with zero attached hydrogens (tertiary/aromatic N) is 4. The number of fused-ring (bicyclic) bond motifs is 3. The number of carbonyl (C=O) groups is 1. The Morgan fingerprint density at radius 2 is 2.12 bits per heavy atom. The number of para-hydroxylation sites is 1. The number of hydrogen-bond donors (Lipinski definition) is 3. The van der Waals surface area contributed by atoms with Crippen LogP contribution in [-0.2, 0) is 16.6 Å². The van der Waals surface area contributed by atoms with Crippen molar-refractivity contribution in [3.8, 4) is 0 Å². The Balaban J connectivity index is 1.53. The molecular formula is C17H21N5O4. The molecular weight excluding hydrogens is 338 g/mol. The number of carbonyl (C=O) groups excluding carboxylic acids is 1. The van der Waals surface area contributed by atoms with E-state index in [1.807, 2.05) is 35.9 Å². The van der Waals surface area contributed by atoms with E-state index < -0.39 is 12.3 Å². The van der Waals surface area contributed by atoms with E-state index in [4.69, 9.17) is 14.9 Å². The van der Waals surface area contributed by atoms with Gasteiger partial charge in [-0.3, -0.25) is 4.79 Å². The molecule has 26 heavy (non-hydrogen) atoms. The first kappa shape index (κ1) is 18.0. The Bertz CT molecular complexity index is 909. The predicted octanol–water partition coefficient (Wildman–Crippen LogP) is 0.953. The average molecular weight is 359 g/mol. The van der Waals surface area contributed by atoms with E-state index in [2.05, 4.69) is 20.5 Å². The van der Waals surface area contributed by atoms with Crippen LogP contribution in [0.15, 0.2) is 24.3 Å². The maximum absolute atomic E-state index is 11.3. The topological polar surface area (TPSA) is 122 Å². The third-order valence-electron chi connectivity index (χ3n) is 3.98. The summed E-state index contributed by atoms with van der Waals surface area (Å²) < 4.78 is 6.97. The summed E-state index contributed by atoms with van der Waals surface area (Å²) in [5.74, 6) is -0.0360. The highest BCUT2D eigenvalue weighted by atomic mass is 16.5. The van der Waals surface area contributed by atoms with Crippen molar-refractivity contribution >= 4 is 34.0 Å². The van der Waals surface area contributed by atoms with Crippen LogP contribution in [-0.4, -0.2) is 55.4 Å². The number of rotatable bonds is 8. The summed E-state index contributed by atoms with van der Waals surface area (Å²) >= 11 is 0. The highest BCUT2D eigenvalue weighted by Crippen LogP contribution is 2.24. The summed E-state index contributed by atoms with van der Waals surface area (Å²) in [6.45, 7) is 0.754. The SMILES string of the molecule is Cn1c2ccccc2c2nnc(NCCCOC(=O)CCC(O)O)nc21. The Hall–Kier alpha value is -2.78. The van der Waals surface area contributed by atoms with Gasteiger partial charge in [0.1, 0.15) is 5.52 Å². The highest BCUT2D eigenvalue weighted by Gasteiger charge is 2.12. The number of aliphatic hydroxyl groups excluding tert-OH is 1. The molecule has 0 spiro atoms. The quantitative estimate of drug-likeness (QED) is 0.309. The maximum Gasteiger partial charge on any atom is 0.305 e. The summed E-state index contributed by atoms with van der Waals surface area (Å²) in [7, 11) is 1.94. The second-order valence-electron chi connectivity index (χ2n) is 5.90. The van der Waals surface area contributed by atoms with Crippen molar-refractivity contribution in [2.24, 2.45) is 7.05 Å². The first-order chi connectivity index (χ1) is 12.6. The molecule has 0 aliphatic carbocycles. The molecule has 138 valence electrons. The van der Waals surface area contributed by atoms with E-state index in [1.54, 1.807) is 0 Å². The fourth-order valence-electron chi connectivity index (χ4n) is 2.66. The Kier molecular flexibility index (Phi) is 5.59. The van der Waals surface area contributed by atoms with Crippen LogP contribution in [0, 0.1) is 0 Å². The zero-order valence-electron chi connectivity index (χ0n) is 14.4. The van der Waals surface area contributed by atoms with Crippen molar-refractivity contribution < 1.29 is 19.7 Å². The van der Waals surface area contributed by atoms with Crippen molar-refractivity contribution in [1.82, 2.24) is 19.7 Å². The molecule has 0 amide bonds. The number of hydrogen-bond acceptors (Lipinski definition) is 8. The molecule has 1 aromatic carbocycles. The van der Waals surface area contributed by atoms with Gasteiger partial charge in [0.25, 0.3) is 0 Å². The van der Waals surface area contributed by atoms with Crippen molar-refractivity contribution in [2.45, 2.75) is 25.6 Å². The van der Waals surface area contributed by atoms with Gasteiger partial charge in [0, 0.05) is 25.4 Å². The highest BCUT2D eigenvalue weighted by molar-refractivity contribution is 6.04. The second-order valence-corrected chi connectivity index (χ2v) is 5.90. The third kappa shape index (κ3) is 4.06. The molecule has 0 saturated carbocycles. The van der Waals surface area contributed by atoms with E-state index in [0.717, 1.165) is 22.1 Å². The van der Waals surface area contributed by atoms with Crippen LogP contribution in [0.3, 0.4) is 0 Å². The fraction of sp³-hybridized carbons (Fsp3) is 0.412. The Morgan fingerprint density at radius 1 is 1.31 bits per heavy atom. The Morgan fingerprint density at radius 3 is 2.92 bits per heavy atom. The molecule has 9 nitrogen and oxygen atoms in total. The van der Waals surface area contributed by atoms with E-state index in [-0.39, 0.29) is 19.4 Å². The van der Waals surface area contributed by atoms with Gasteiger partial charge in [0.15, 0.2) is 11.9 Å². The van der Waals surface area contributed by atoms with Crippen LogP contribution in [0.5, 0.6) is 0 Å². The molecule has 0 saturated heterocycles. The van der Waals surface area contributed by atoms with E-state index in [0.29, 0.717) is 18.9 Å². The number of aromatic nitrogens is 4. The normalized spacial score (nSPS) is 11.4. The minimum Gasteiger partial charge on any atom is -0.466 e. The number of aliphatic hydroxyl groups is 2. The summed E-state index contributed by atoms with van der Waals surface area (Å²) in [5, 5.41) is 29.8. The lowest BCUT2D eigenvalue weighted by Gasteiger charge is -2.07. The number of nitrogens with one attached hydrogen (secondary N) is 1. The van der Waals surface area contributed by atoms with Gasteiger partial charge in [0.2, 0.25) is 5.95 Å². The smallest absolute Gasteiger partial charge is 0.305 e. The molecule has 0 fully saturated rings. The van der Waals surface area contributed by atoms with Crippen LogP contribution in [0.1, 0.15) is 19.3 Å². The average Bonchev–Trinajstić information content (AvgIpc) is 2.92. The number of ether oxygens (including phenoxy) is 1. The molecule has 0 atom stereocenters. The molecule has 0 aliphatic rings. The van der Waals surface area contributed by atoms with Crippen molar-refractivity contribution in [3.05, 3.63) is 24.3 Å². The van der Waals surface area contributed by atoms with Gasteiger partial charge in [0.05, 0.1) is 18.5 Å². The molecule has 0 aliphatic heterocycles. The molecule has 2 aromatic heterocycles. The van der Waals surface area contributed by atoms with Gasteiger partial charge in [-0.2, -0.15) is 4.98 Å². The van der Waals surface area contributed by atoms with Crippen LogP contribution < -0.4 is 5.32 Å². The summed E-state index contributed by atoms with van der Waals surface area (Å²) in [6.07, 6.45) is -0.959. The molecule has 0 unspecified atom stereocenters. The van der Waals surface area contributed by atoms with Crippen molar-refractivity contribution in [2.75, 3.05) is 18.5 Å². The predicted molar refractivity (Wildman–Crippen MR) is 95.3 cm³/mol. The van der Waals surface area contributed by atoms with Gasteiger partial charge >= 0.3 is 5.97 Å². The summed E-state index contributed by atoms with van der Waals surface area (Å²) in [4.78, 5) is 15.9. The van der Waals surface area contributed by atoms with E-state index in [9.17, 15) is 4.79 Å². The lowest BCUT2D eigenvalue weighted by atomic mass is 10.2. The molecule has 3 N–H and O–H groups in total. The molecule has 2 heterocycles. The van der Waals surface area contributed by atoms with E-state index in [1.165, 1.54) is 0 Å². The monoisotopic (exact) mass is 359 g/mol. The number of esters is 1.